The van der Waals surface area contributed by atoms with Crippen LogP contribution in [0.25, 0.3) is 0 Å². The molecule has 1 heterocycles. The second-order valence-corrected chi connectivity index (χ2v) is 4.95. The average molecular weight is 356 g/mol. The van der Waals surface area contributed by atoms with Crippen LogP contribution in [-0.2, 0) is 22.3 Å². The summed E-state index contributed by atoms with van der Waals surface area (Å²) >= 11 is 0. The molecule has 2 aromatic rings. The number of carbonyl (C=O) groups excluding carboxylic acids is 2. The zero-order valence-electron chi connectivity index (χ0n) is 12.9. The quantitative estimate of drug-likeness (QED) is 0.796. The van der Waals surface area contributed by atoms with Gasteiger partial charge in [-0.05, 0) is 30.3 Å². The number of rotatable bonds is 7. The molecule has 0 spiro atoms. The van der Waals surface area contributed by atoms with Gasteiger partial charge < -0.3 is 19.8 Å². The second kappa shape index (κ2) is 8.22. The molecule has 0 radical (unpaired) electrons. The minimum absolute atomic E-state index is 0.0905. The van der Waals surface area contributed by atoms with Gasteiger partial charge >= 0.3 is 6.18 Å². The van der Waals surface area contributed by atoms with E-state index in [1.807, 2.05) is 0 Å². The normalized spacial score (nSPS) is 11.0. The molecule has 0 fully saturated rings. The minimum Gasteiger partial charge on any atom is -0.484 e. The first kappa shape index (κ1) is 18.4. The highest BCUT2D eigenvalue weighted by molar-refractivity contribution is 5.85. The van der Waals surface area contributed by atoms with Crippen molar-refractivity contribution in [2.75, 3.05) is 13.2 Å². The van der Waals surface area contributed by atoms with Crippen LogP contribution < -0.4 is 15.4 Å². The molecule has 25 heavy (non-hydrogen) atoms. The highest BCUT2D eigenvalue weighted by atomic mass is 19.4. The lowest BCUT2D eigenvalue weighted by molar-refractivity contribution is -0.137. The van der Waals surface area contributed by atoms with Crippen LogP contribution >= 0.6 is 0 Å². The maximum absolute atomic E-state index is 12.6. The van der Waals surface area contributed by atoms with Crippen molar-refractivity contribution in [3.8, 4) is 5.75 Å². The predicted molar refractivity (Wildman–Crippen MR) is 80.5 cm³/mol. The van der Waals surface area contributed by atoms with E-state index in [0.29, 0.717) is 5.76 Å². The van der Waals surface area contributed by atoms with Crippen molar-refractivity contribution in [1.82, 2.24) is 10.6 Å². The van der Waals surface area contributed by atoms with E-state index in [2.05, 4.69) is 10.6 Å². The van der Waals surface area contributed by atoms with Crippen LogP contribution in [0.15, 0.2) is 47.1 Å². The number of amides is 2. The van der Waals surface area contributed by atoms with Gasteiger partial charge in [0.15, 0.2) is 6.61 Å². The molecule has 0 aliphatic heterocycles. The molecule has 6 nitrogen and oxygen atoms in total. The topological polar surface area (TPSA) is 80.6 Å². The maximum atomic E-state index is 12.6. The van der Waals surface area contributed by atoms with E-state index in [0.717, 1.165) is 12.1 Å². The van der Waals surface area contributed by atoms with Crippen molar-refractivity contribution in [2.45, 2.75) is 12.7 Å². The zero-order chi connectivity index (χ0) is 18.3. The van der Waals surface area contributed by atoms with Gasteiger partial charge in [-0.3, -0.25) is 9.59 Å². The third-order valence-electron chi connectivity index (χ3n) is 3.02. The SMILES string of the molecule is O=C(CNC(=O)COc1cccc(C(F)(F)F)c1)NCc1ccco1. The molecule has 0 unspecified atom stereocenters. The third-order valence-corrected chi connectivity index (χ3v) is 3.02. The standard InChI is InChI=1S/C16H15F3N2O4/c17-16(18,19)11-3-1-4-12(7-11)25-10-15(23)21-9-14(22)20-8-13-5-2-6-24-13/h1-7H,8-10H2,(H,20,22)(H,21,23). The number of ether oxygens (including phenoxy) is 1. The summed E-state index contributed by atoms with van der Waals surface area (Å²) < 4.78 is 47.7. The van der Waals surface area contributed by atoms with Crippen molar-refractivity contribution in [2.24, 2.45) is 0 Å². The fraction of sp³-hybridized carbons (Fsp3) is 0.250. The van der Waals surface area contributed by atoms with Crippen LogP contribution in [0.5, 0.6) is 5.75 Å². The van der Waals surface area contributed by atoms with Crippen molar-refractivity contribution in [1.29, 1.82) is 0 Å². The Morgan fingerprint density at radius 3 is 2.56 bits per heavy atom. The molecule has 2 amide bonds. The number of nitrogens with one attached hydrogen (secondary N) is 2. The molecule has 0 atom stereocenters. The number of alkyl halides is 3. The lowest BCUT2D eigenvalue weighted by atomic mass is 10.2. The Morgan fingerprint density at radius 1 is 1.08 bits per heavy atom. The van der Waals surface area contributed by atoms with Crippen LogP contribution in [-0.4, -0.2) is 25.0 Å². The fourth-order valence-electron chi connectivity index (χ4n) is 1.80. The summed E-state index contributed by atoms with van der Waals surface area (Å²) in [5, 5.41) is 4.82. The summed E-state index contributed by atoms with van der Waals surface area (Å²) in [6.07, 6.45) is -3.03. The van der Waals surface area contributed by atoms with E-state index >= 15 is 0 Å². The van der Waals surface area contributed by atoms with Crippen molar-refractivity contribution in [3.63, 3.8) is 0 Å². The van der Waals surface area contributed by atoms with Gasteiger partial charge in [0.2, 0.25) is 5.91 Å². The Labute approximate surface area is 141 Å². The Bertz CT molecular complexity index is 714. The fourth-order valence-corrected chi connectivity index (χ4v) is 1.80. The second-order valence-electron chi connectivity index (χ2n) is 4.95. The van der Waals surface area contributed by atoms with Gasteiger partial charge in [0.05, 0.1) is 24.9 Å². The highest BCUT2D eigenvalue weighted by Gasteiger charge is 2.30. The van der Waals surface area contributed by atoms with Crippen LogP contribution in [0.2, 0.25) is 0 Å². The minimum atomic E-state index is -4.49. The first-order valence-electron chi connectivity index (χ1n) is 7.20. The molecule has 2 N–H and O–H groups in total. The molecule has 2 rings (SSSR count). The number of furan rings is 1. The molecule has 0 aliphatic carbocycles. The molecule has 0 saturated heterocycles. The summed E-state index contributed by atoms with van der Waals surface area (Å²) in [6.45, 7) is -0.610. The Hall–Kier alpha value is -2.97. The van der Waals surface area contributed by atoms with Crippen molar-refractivity contribution in [3.05, 3.63) is 54.0 Å². The highest BCUT2D eigenvalue weighted by Crippen LogP contribution is 2.31. The molecule has 0 bridgehead atoms. The molecule has 0 aliphatic rings. The Balaban J connectivity index is 1.71. The van der Waals surface area contributed by atoms with Gasteiger partial charge in [-0.25, -0.2) is 0 Å². The van der Waals surface area contributed by atoms with E-state index in [4.69, 9.17) is 9.15 Å². The zero-order valence-corrected chi connectivity index (χ0v) is 12.9. The van der Waals surface area contributed by atoms with Crippen LogP contribution in [0, 0.1) is 0 Å². The largest absolute Gasteiger partial charge is 0.484 e. The van der Waals surface area contributed by atoms with Crippen LogP contribution in [0.4, 0.5) is 13.2 Å². The molecular weight excluding hydrogens is 341 g/mol. The Morgan fingerprint density at radius 2 is 1.88 bits per heavy atom. The molecule has 9 heteroatoms. The number of carbonyl (C=O) groups is 2. The molecule has 1 aromatic carbocycles. The van der Waals surface area contributed by atoms with Gasteiger partial charge in [-0.1, -0.05) is 6.07 Å². The molecule has 1 aromatic heterocycles. The monoisotopic (exact) mass is 356 g/mol. The van der Waals surface area contributed by atoms with E-state index in [1.165, 1.54) is 18.4 Å². The lowest BCUT2D eigenvalue weighted by Gasteiger charge is -2.10. The van der Waals surface area contributed by atoms with E-state index in [9.17, 15) is 22.8 Å². The van der Waals surface area contributed by atoms with Gasteiger partial charge in [-0.15, -0.1) is 0 Å². The van der Waals surface area contributed by atoms with E-state index in [1.54, 1.807) is 12.1 Å². The van der Waals surface area contributed by atoms with Crippen LogP contribution in [0.1, 0.15) is 11.3 Å². The van der Waals surface area contributed by atoms with Gasteiger partial charge in [0.1, 0.15) is 11.5 Å². The first-order valence-corrected chi connectivity index (χ1v) is 7.20. The van der Waals surface area contributed by atoms with Gasteiger partial charge in [0.25, 0.3) is 5.91 Å². The van der Waals surface area contributed by atoms with Crippen molar-refractivity contribution < 1.29 is 31.9 Å². The maximum Gasteiger partial charge on any atom is 0.416 e. The van der Waals surface area contributed by atoms with Gasteiger partial charge in [0, 0.05) is 0 Å². The van der Waals surface area contributed by atoms with Crippen molar-refractivity contribution >= 4 is 11.8 Å². The molecule has 134 valence electrons. The molecular formula is C16H15F3N2O4. The Kier molecular flexibility index (Phi) is 6.04. The summed E-state index contributed by atoms with van der Waals surface area (Å²) in [5.41, 5.74) is -0.872. The summed E-state index contributed by atoms with van der Waals surface area (Å²) in [4.78, 5) is 23.1. The summed E-state index contributed by atoms with van der Waals surface area (Å²) in [6, 6.07) is 7.53. The third kappa shape index (κ3) is 6.21. The van der Waals surface area contributed by atoms with Crippen LogP contribution in [0.3, 0.4) is 0 Å². The number of halogens is 3. The smallest absolute Gasteiger partial charge is 0.416 e. The first-order chi connectivity index (χ1) is 11.8. The average Bonchev–Trinajstić information content (AvgIpc) is 3.09. The number of hydrogen-bond acceptors (Lipinski definition) is 4. The van der Waals surface area contributed by atoms with E-state index < -0.39 is 30.2 Å². The predicted octanol–water partition coefficient (Wildman–Crippen LogP) is 2.11. The van der Waals surface area contributed by atoms with Gasteiger partial charge in [-0.2, -0.15) is 13.2 Å². The number of hydrogen-bond donors (Lipinski definition) is 2. The summed E-state index contributed by atoms with van der Waals surface area (Å²) in [5.74, 6) is -0.603. The molecule has 0 saturated carbocycles. The van der Waals surface area contributed by atoms with E-state index in [-0.39, 0.29) is 18.8 Å². The number of benzene rings is 1. The summed E-state index contributed by atoms with van der Waals surface area (Å²) in [7, 11) is 0. The lowest BCUT2D eigenvalue weighted by Crippen LogP contribution is -2.38.